The maximum atomic E-state index is 13.4. The summed E-state index contributed by atoms with van der Waals surface area (Å²) in [5.41, 5.74) is -0.547. The van der Waals surface area contributed by atoms with Gasteiger partial charge in [0.2, 0.25) is 11.9 Å². The molecular weight excluding hydrogens is 532 g/mol. The van der Waals surface area contributed by atoms with Gasteiger partial charge in [-0.2, -0.15) is 9.49 Å². The summed E-state index contributed by atoms with van der Waals surface area (Å²) in [6.45, 7) is 0.880. The number of nitrogens with zero attached hydrogens (tertiary/aromatic N) is 6. The summed E-state index contributed by atoms with van der Waals surface area (Å²) < 4.78 is 29.5. The SMILES string of the molecule is O=c1c2cnn(-c3ccc(F)cc3)c2ncn1CC1(O)CCN(C(=O)[C@H]2CC[C@H](Nc3cccc(F)n3)CC2)CC1. The monoisotopic (exact) mass is 563 g/mol. The summed E-state index contributed by atoms with van der Waals surface area (Å²) in [5.74, 6) is -0.370. The van der Waals surface area contributed by atoms with Crippen LogP contribution in [0.3, 0.4) is 0 Å². The van der Waals surface area contributed by atoms with Gasteiger partial charge in [-0.05, 0) is 74.9 Å². The Morgan fingerprint density at radius 1 is 1.05 bits per heavy atom. The molecule has 1 saturated heterocycles. The number of carbonyl (C=O) groups is 1. The van der Waals surface area contributed by atoms with E-state index in [1.807, 2.05) is 4.90 Å². The Morgan fingerprint density at radius 3 is 2.49 bits per heavy atom. The second-order valence-corrected chi connectivity index (χ2v) is 11.0. The third-order valence-electron chi connectivity index (χ3n) is 8.24. The number of amides is 1. The fourth-order valence-corrected chi connectivity index (χ4v) is 5.89. The number of benzene rings is 1. The topological polar surface area (TPSA) is 118 Å². The number of hydrogen-bond donors (Lipinski definition) is 2. The van der Waals surface area contributed by atoms with Crippen molar-refractivity contribution in [2.45, 2.75) is 56.7 Å². The van der Waals surface area contributed by atoms with Crippen LogP contribution in [-0.4, -0.2) is 65.0 Å². The Hall–Kier alpha value is -4.19. The zero-order valence-electron chi connectivity index (χ0n) is 22.4. The lowest BCUT2D eigenvalue weighted by atomic mass is 9.84. The van der Waals surface area contributed by atoms with E-state index in [0.29, 0.717) is 48.5 Å². The fourth-order valence-electron chi connectivity index (χ4n) is 5.89. The number of piperidine rings is 1. The molecule has 0 radical (unpaired) electrons. The van der Waals surface area contributed by atoms with Crippen LogP contribution < -0.4 is 10.9 Å². The molecule has 1 aliphatic heterocycles. The highest BCUT2D eigenvalue weighted by atomic mass is 19.1. The van der Waals surface area contributed by atoms with Gasteiger partial charge in [-0.3, -0.25) is 14.2 Å². The van der Waals surface area contributed by atoms with Crippen LogP contribution >= 0.6 is 0 Å². The summed E-state index contributed by atoms with van der Waals surface area (Å²) in [5, 5.41) is 19.1. The van der Waals surface area contributed by atoms with Gasteiger partial charge < -0.3 is 15.3 Å². The van der Waals surface area contributed by atoms with E-state index < -0.39 is 11.5 Å². The van der Waals surface area contributed by atoms with Crippen molar-refractivity contribution >= 4 is 22.8 Å². The first-order chi connectivity index (χ1) is 19.8. The molecule has 12 heteroatoms. The minimum absolute atomic E-state index is 0.0590. The third-order valence-corrected chi connectivity index (χ3v) is 8.24. The van der Waals surface area contributed by atoms with Crippen LogP contribution in [0.15, 0.2) is 59.8 Å². The molecule has 4 heterocycles. The van der Waals surface area contributed by atoms with Crippen LogP contribution in [0.1, 0.15) is 38.5 Å². The Morgan fingerprint density at radius 2 is 1.78 bits per heavy atom. The van der Waals surface area contributed by atoms with E-state index in [-0.39, 0.29) is 35.8 Å². The van der Waals surface area contributed by atoms with E-state index in [0.717, 1.165) is 25.7 Å². The van der Waals surface area contributed by atoms with Crippen molar-refractivity contribution in [1.82, 2.24) is 29.2 Å². The molecule has 1 saturated carbocycles. The number of hydrogen-bond acceptors (Lipinski definition) is 7. The van der Waals surface area contributed by atoms with E-state index in [2.05, 4.69) is 20.4 Å². The number of carbonyl (C=O) groups excluding carboxylic acids is 1. The second kappa shape index (κ2) is 11.0. The summed E-state index contributed by atoms with van der Waals surface area (Å²) in [6.07, 6.45) is 6.58. The first kappa shape index (κ1) is 27.0. The van der Waals surface area contributed by atoms with Gasteiger partial charge in [0.15, 0.2) is 5.65 Å². The molecular formula is C29H31F2N7O3. The average molecular weight is 564 g/mol. The van der Waals surface area contributed by atoms with Crippen molar-refractivity contribution in [3.63, 3.8) is 0 Å². The number of halogens is 2. The standard InChI is InChI=1S/C29H31F2N7O3/c30-20-6-10-22(11-7-20)38-26-23(16-33-38)28(40)37(18-32-26)17-29(41)12-14-36(15-13-29)27(39)19-4-8-21(9-5-19)34-25-3-1-2-24(31)35-25/h1-3,6-7,10-11,16,18-19,21,41H,4-5,8-9,12-15,17H2,(H,34,35)/t19-,21-. The van der Waals surface area contributed by atoms with Gasteiger partial charge in [-0.15, -0.1) is 0 Å². The first-order valence-corrected chi connectivity index (χ1v) is 13.9. The van der Waals surface area contributed by atoms with Gasteiger partial charge in [-0.1, -0.05) is 6.07 Å². The lowest BCUT2D eigenvalue weighted by Gasteiger charge is -2.40. The lowest BCUT2D eigenvalue weighted by molar-refractivity contribution is -0.141. The van der Waals surface area contributed by atoms with Gasteiger partial charge in [0.05, 0.1) is 24.0 Å². The molecule has 0 spiro atoms. The average Bonchev–Trinajstić information content (AvgIpc) is 3.40. The number of nitrogens with one attached hydrogen (secondary N) is 1. The molecule has 2 N–H and O–H groups in total. The van der Waals surface area contributed by atoms with E-state index in [1.54, 1.807) is 24.3 Å². The predicted molar refractivity (Wildman–Crippen MR) is 147 cm³/mol. The van der Waals surface area contributed by atoms with Crippen LogP contribution in [-0.2, 0) is 11.3 Å². The van der Waals surface area contributed by atoms with Crippen LogP contribution in [0.2, 0.25) is 0 Å². The number of likely N-dealkylation sites (tertiary alicyclic amines) is 1. The van der Waals surface area contributed by atoms with Crippen molar-refractivity contribution < 1.29 is 18.7 Å². The van der Waals surface area contributed by atoms with Gasteiger partial charge >= 0.3 is 0 Å². The Kier molecular flexibility index (Phi) is 7.24. The third kappa shape index (κ3) is 5.69. The van der Waals surface area contributed by atoms with Gasteiger partial charge in [-0.25, -0.2) is 19.0 Å². The molecule has 2 fully saturated rings. The molecule has 0 bridgehead atoms. The Balaban J connectivity index is 1.04. The van der Waals surface area contributed by atoms with E-state index in [4.69, 9.17) is 0 Å². The van der Waals surface area contributed by atoms with Crippen LogP contribution in [0.25, 0.3) is 16.7 Å². The summed E-state index contributed by atoms with van der Waals surface area (Å²) in [6, 6.07) is 10.5. The maximum Gasteiger partial charge on any atom is 0.264 e. The van der Waals surface area contributed by atoms with Gasteiger partial charge in [0.1, 0.15) is 23.3 Å². The van der Waals surface area contributed by atoms with E-state index >= 15 is 0 Å². The Bertz CT molecular complexity index is 1600. The molecule has 3 aromatic heterocycles. The van der Waals surface area contributed by atoms with E-state index in [9.17, 15) is 23.5 Å². The Labute approximate surface area is 234 Å². The molecule has 10 nitrogen and oxygen atoms in total. The highest BCUT2D eigenvalue weighted by molar-refractivity contribution is 5.79. The zero-order valence-corrected chi connectivity index (χ0v) is 22.4. The predicted octanol–water partition coefficient (Wildman–Crippen LogP) is 3.28. The minimum Gasteiger partial charge on any atom is -0.388 e. The molecule has 41 heavy (non-hydrogen) atoms. The minimum atomic E-state index is -1.15. The lowest BCUT2D eigenvalue weighted by Crippen LogP contribution is -2.51. The summed E-state index contributed by atoms with van der Waals surface area (Å²) in [7, 11) is 0. The molecule has 1 aliphatic carbocycles. The maximum absolute atomic E-state index is 13.4. The molecule has 1 amide bonds. The molecule has 214 valence electrons. The quantitative estimate of drug-likeness (QED) is 0.346. The van der Waals surface area contributed by atoms with Crippen LogP contribution in [0, 0.1) is 17.7 Å². The largest absolute Gasteiger partial charge is 0.388 e. The zero-order chi connectivity index (χ0) is 28.6. The summed E-state index contributed by atoms with van der Waals surface area (Å²) in [4.78, 5) is 36.5. The normalized spacial score (nSPS) is 20.7. The van der Waals surface area contributed by atoms with Crippen molar-refractivity contribution in [3.05, 3.63) is 77.1 Å². The number of anilines is 1. The van der Waals surface area contributed by atoms with Crippen molar-refractivity contribution in [2.24, 2.45) is 5.92 Å². The van der Waals surface area contributed by atoms with E-state index in [1.165, 1.54) is 40.0 Å². The van der Waals surface area contributed by atoms with Gasteiger partial charge in [0.25, 0.3) is 5.56 Å². The van der Waals surface area contributed by atoms with Crippen molar-refractivity contribution in [1.29, 1.82) is 0 Å². The molecule has 0 unspecified atom stereocenters. The highest BCUT2D eigenvalue weighted by Gasteiger charge is 2.37. The van der Waals surface area contributed by atoms with Gasteiger partial charge in [0, 0.05) is 25.0 Å². The summed E-state index contributed by atoms with van der Waals surface area (Å²) >= 11 is 0. The number of aromatic nitrogens is 5. The molecule has 2 aliphatic rings. The smallest absolute Gasteiger partial charge is 0.264 e. The highest BCUT2D eigenvalue weighted by Crippen LogP contribution is 2.31. The van der Waals surface area contributed by atoms with Crippen LogP contribution in [0.4, 0.5) is 14.6 Å². The number of rotatable bonds is 6. The number of aliphatic hydroxyl groups is 1. The van der Waals surface area contributed by atoms with Crippen molar-refractivity contribution in [2.75, 3.05) is 18.4 Å². The second-order valence-electron chi connectivity index (χ2n) is 11.0. The molecule has 0 atom stereocenters. The fraction of sp³-hybridized carbons (Fsp3) is 0.414. The molecule has 1 aromatic carbocycles. The van der Waals surface area contributed by atoms with Crippen molar-refractivity contribution in [3.8, 4) is 5.69 Å². The van der Waals surface area contributed by atoms with Crippen LogP contribution in [0.5, 0.6) is 0 Å². The number of pyridine rings is 1. The number of fused-ring (bicyclic) bond motifs is 1. The first-order valence-electron chi connectivity index (χ1n) is 13.9. The molecule has 6 rings (SSSR count). The molecule has 4 aromatic rings.